The van der Waals surface area contributed by atoms with Gasteiger partial charge in [-0.3, -0.25) is 4.90 Å². The van der Waals surface area contributed by atoms with Crippen molar-refractivity contribution in [2.45, 2.75) is 25.5 Å². The zero-order chi connectivity index (χ0) is 14.7. The Morgan fingerprint density at radius 1 is 1.24 bits per heavy atom. The summed E-state index contributed by atoms with van der Waals surface area (Å²) in [7, 11) is 1.81. The maximum Gasteiger partial charge on any atom is 0.0711 e. The number of nitrogens with zero attached hydrogens (tertiary/aromatic N) is 2. The van der Waals surface area contributed by atoms with Gasteiger partial charge in [0.15, 0.2) is 0 Å². The molecule has 2 fully saturated rings. The molecule has 0 bridgehead atoms. The molecule has 3 rings (SSSR count). The van der Waals surface area contributed by atoms with Gasteiger partial charge in [0.05, 0.1) is 6.10 Å². The Morgan fingerprint density at radius 2 is 2.05 bits per heavy atom. The summed E-state index contributed by atoms with van der Waals surface area (Å²) in [4.78, 5) is 5.09. The Bertz CT molecular complexity index is 457. The third-order valence-electron chi connectivity index (χ3n) is 4.73. The van der Waals surface area contributed by atoms with Gasteiger partial charge in [-0.25, -0.2) is 0 Å². The third kappa shape index (κ3) is 3.76. The van der Waals surface area contributed by atoms with Crippen molar-refractivity contribution in [3.8, 4) is 0 Å². The van der Waals surface area contributed by atoms with E-state index in [1.807, 2.05) is 7.11 Å². The van der Waals surface area contributed by atoms with Crippen molar-refractivity contribution < 1.29 is 4.74 Å². The minimum absolute atomic E-state index is 0.406. The summed E-state index contributed by atoms with van der Waals surface area (Å²) in [5, 5.41) is 3.57. The smallest absolute Gasteiger partial charge is 0.0711 e. The Labute approximate surface area is 128 Å². The lowest BCUT2D eigenvalue weighted by Crippen LogP contribution is -2.49. The molecule has 21 heavy (non-hydrogen) atoms. The highest BCUT2D eigenvalue weighted by molar-refractivity contribution is 5.48. The molecule has 0 amide bonds. The Balaban J connectivity index is 1.47. The van der Waals surface area contributed by atoms with E-state index in [1.165, 1.54) is 11.3 Å². The second kappa shape index (κ2) is 6.77. The van der Waals surface area contributed by atoms with Crippen LogP contribution >= 0.6 is 0 Å². The van der Waals surface area contributed by atoms with Crippen LogP contribution in [0.25, 0.3) is 0 Å². The topological polar surface area (TPSA) is 27.7 Å². The molecule has 2 saturated heterocycles. The minimum Gasteiger partial charge on any atom is -0.380 e. The summed E-state index contributed by atoms with van der Waals surface area (Å²) >= 11 is 0. The van der Waals surface area contributed by atoms with Crippen molar-refractivity contribution in [2.24, 2.45) is 0 Å². The van der Waals surface area contributed by atoms with Gasteiger partial charge < -0.3 is 15.0 Å². The van der Waals surface area contributed by atoms with E-state index in [-0.39, 0.29) is 0 Å². The van der Waals surface area contributed by atoms with Crippen molar-refractivity contribution in [1.82, 2.24) is 10.2 Å². The van der Waals surface area contributed by atoms with Crippen LogP contribution in [0.3, 0.4) is 0 Å². The van der Waals surface area contributed by atoms with Crippen molar-refractivity contribution in [3.05, 3.63) is 29.8 Å². The fourth-order valence-corrected chi connectivity index (χ4v) is 3.43. The highest BCUT2D eigenvalue weighted by Crippen LogP contribution is 2.18. The average Bonchev–Trinajstić information content (AvgIpc) is 2.96. The molecule has 0 aliphatic carbocycles. The first-order valence-electron chi connectivity index (χ1n) is 8.05. The Hall–Kier alpha value is -1.10. The molecule has 2 atom stereocenters. The molecular formula is C17H27N3O. The number of benzene rings is 1. The van der Waals surface area contributed by atoms with E-state index >= 15 is 0 Å². The lowest BCUT2D eigenvalue weighted by Gasteiger charge is -2.37. The fourth-order valence-electron chi connectivity index (χ4n) is 3.43. The van der Waals surface area contributed by atoms with Gasteiger partial charge in [0.1, 0.15) is 0 Å². The zero-order valence-electron chi connectivity index (χ0n) is 13.2. The molecular weight excluding hydrogens is 262 g/mol. The standard InChI is InChI=1S/C17H27N3O/c1-14-4-3-5-16(10-14)20-8-6-19(7-9-20)13-15-11-17(21-2)12-18-15/h3-5,10,15,17-18H,6-9,11-13H2,1-2H3. The third-order valence-corrected chi connectivity index (χ3v) is 4.73. The summed E-state index contributed by atoms with van der Waals surface area (Å²) < 4.78 is 5.43. The van der Waals surface area contributed by atoms with Crippen LogP contribution in [0.4, 0.5) is 5.69 Å². The van der Waals surface area contributed by atoms with Crippen LogP contribution in [0.5, 0.6) is 0 Å². The highest BCUT2D eigenvalue weighted by atomic mass is 16.5. The second-order valence-electron chi connectivity index (χ2n) is 6.33. The maximum absolute atomic E-state index is 5.43. The normalized spacial score (nSPS) is 27.2. The molecule has 0 spiro atoms. The molecule has 1 aromatic rings. The summed E-state index contributed by atoms with van der Waals surface area (Å²) in [6.45, 7) is 8.89. The monoisotopic (exact) mass is 289 g/mol. The summed E-state index contributed by atoms with van der Waals surface area (Å²) in [6.07, 6.45) is 1.55. The number of ether oxygens (including phenoxy) is 1. The van der Waals surface area contributed by atoms with Gasteiger partial charge in [-0.2, -0.15) is 0 Å². The number of aryl methyl sites for hydroxylation is 1. The first-order valence-corrected chi connectivity index (χ1v) is 8.05. The number of nitrogens with one attached hydrogen (secondary N) is 1. The predicted octanol–water partition coefficient (Wildman–Crippen LogP) is 1.49. The summed E-state index contributed by atoms with van der Waals surface area (Å²) in [6, 6.07) is 9.43. The van der Waals surface area contributed by atoms with Crippen LogP contribution in [-0.2, 0) is 4.74 Å². The molecule has 2 aliphatic heterocycles. The van der Waals surface area contributed by atoms with E-state index in [0.29, 0.717) is 12.1 Å². The molecule has 0 saturated carbocycles. The van der Waals surface area contributed by atoms with Crippen LogP contribution < -0.4 is 10.2 Å². The number of anilines is 1. The largest absolute Gasteiger partial charge is 0.380 e. The number of methoxy groups -OCH3 is 1. The number of hydrogen-bond donors (Lipinski definition) is 1. The maximum atomic E-state index is 5.43. The van der Waals surface area contributed by atoms with Crippen molar-refractivity contribution in [1.29, 1.82) is 0 Å². The van der Waals surface area contributed by atoms with Gasteiger partial charge in [-0.1, -0.05) is 12.1 Å². The predicted molar refractivity (Wildman–Crippen MR) is 87.0 cm³/mol. The van der Waals surface area contributed by atoms with Crippen LogP contribution in [0.2, 0.25) is 0 Å². The molecule has 4 nitrogen and oxygen atoms in total. The lowest BCUT2D eigenvalue weighted by atomic mass is 10.1. The molecule has 2 unspecified atom stereocenters. The molecule has 1 N–H and O–H groups in total. The highest BCUT2D eigenvalue weighted by Gasteiger charge is 2.26. The number of piperazine rings is 1. The molecule has 116 valence electrons. The van der Waals surface area contributed by atoms with Crippen LogP contribution in [-0.4, -0.2) is 63.4 Å². The average molecular weight is 289 g/mol. The Morgan fingerprint density at radius 3 is 2.71 bits per heavy atom. The fraction of sp³-hybridized carbons (Fsp3) is 0.647. The van der Waals surface area contributed by atoms with Crippen LogP contribution in [0.15, 0.2) is 24.3 Å². The summed E-state index contributed by atoms with van der Waals surface area (Å²) in [5.41, 5.74) is 2.71. The first-order chi connectivity index (χ1) is 10.2. The van der Waals surface area contributed by atoms with E-state index in [1.54, 1.807) is 0 Å². The molecule has 1 aromatic carbocycles. The minimum atomic E-state index is 0.406. The van der Waals surface area contributed by atoms with E-state index in [4.69, 9.17) is 4.74 Å². The van der Waals surface area contributed by atoms with Gasteiger partial charge >= 0.3 is 0 Å². The summed E-state index contributed by atoms with van der Waals surface area (Å²) in [5.74, 6) is 0. The number of hydrogen-bond acceptors (Lipinski definition) is 4. The first kappa shape index (κ1) is 14.8. The molecule has 2 aliphatic rings. The van der Waals surface area contributed by atoms with E-state index in [2.05, 4.69) is 46.3 Å². The quantitative estimate of drug-likeness (QED) is 0.909. The molecule has 0 aromatic heterocycles. The van der Waals surface area contributed by atoms with Gasteiger partial charge in [0.2, 0.25) is 0 Å². The SMILES string of the molecule is COC1CNC(CN2CCN(c3cccc(C)c3)CC2)C1. The van der Waals surface area contributed by atoms with E-state index in [0.717, 1.165) is 45.7 Å². The van der Waals surface area contributed by atoms with Crippen LogP contribution in [0.1, 0.15) is 12.0 Å². The van der Waals surface area contributed by atoms with Gasteiger partial charge in [-0.05, 0) is 31.0 Å². The van der Waals surface area contributed by atoms with Gasteiger partial charge in [0.25, 0.3) is 0 Å². The molecule has 0 radical (unpaired) electrons. The van der Waals surface area contributed by atoms with E-state index < -0.39 is 0 Å². The van der Waals surface area contributed by atoms with Crippen molar-refractivity contribution in [2.75, 3.05) is 51.3 Å². The molecule has 4 heteroatoms. The van der Waals surface area contributed by atoms with Crippen LogP contribution in [0, 0.1) is 6.92 Å². The van der Waals surface area contributed by atoms with E-state index in [9.17, 15) is 0 Å². The lowest BCUT2D eigenvalue weighted by molar-refractivity contribution is 0.115. The van der Waals surface area contributed by atoms with Gasteiger partial charge in [0, 0.05) is 58.1 Å². The molecule has 2 heterocycles. The van der Waals surface area contributed by atoms with Gasteiger partial charge in [-0.15, -0.1) is 0 Å². The zero-order valence-corrected chi connectivity index (χ0v) is 13.2. The Kier molecular flexibility index (Phi) is 4.78. The van der Waals surface area contributed by atoms with Crippen molar-refractivity contribution in [3.63, 3.8) is 0 Å². The second-order valence-corrected chi connectivity index (χ2v) is 6.33. The number of rotatable bonds is 4. The van der Waals surface area contributed by atoms with Crippen molar-refractivity contribution >= 4 is 5.69 Å².